The van der Waals surface area contributed by atoms with Crippen LogP contribution >= 0.6 is 11.3 Å². The summed E-state index contributed by atoms with van der Waals surface area (Å²) >= 11 is 1.87. The van der Waals surface area contributed by atoms with Crippen LogP contribution in [0.15, 0.2) is 176 Å². The Balaban J connectivity index is 1.21. The summed E-state index contributed by atoms with van der Waals surface area (Å²) in [4.78, 5) is 2.38. The molecule has 0 aliphatic heterocycles. The van der Waals surface area contributed by atoms with E-state index < -0.39 is 0 Å². The maximum Gasteiger partial charge on any atom is 0.0468 e. The molecule has 0 saturated heterocycles. The first-order chi connectivity index (χ1) is 22.8. The van der Waals surface area contributed by atoms with Crippen LogP contribution in [0.2, 0.25) is 0 Å². The lowest BCUT2D eigenvalue weighted by atomic mass is 9.98. The van der Waals surface area contributed by atoms with Crippen molar-refractivity contribution in [2.75, 3.05) is 4.90 Å². The molecule has 1 heterocycles. The first-order valence-corrected chi connectivity index (χ1v) is 16.5. The summed E-state index contributed by atoms with van der Waals surface area (Å²) in [6.45, 7) is 0. The Hall–Kier alpha value is -5.70. The van der Waals surface area contributed by atoms with Gasteiger partial charge < -0.3 is 4.90 Å². The molecule has 2 heteroatoms. The average molecular weight is 604 g/mol. The highest BCUT2D eigenvalue weighted by Crippen LogP contribution is 2.42. The monoisotopic (exact) mass is 603 g/mol. The summed E-state index contributed by atoms with van der Waals surface area (Å²) in [5.41, 5.74) is 8.25. The van der Waals surface area contributed by atoms with E-state index in [9.17, 15) is 0 Å². The molecule has 46 heavy (non-hydrogen) atoms. The van der Waals surface area contributed by atoms with E-state index in [-0.39, 0.29) is 0 Å². The quantitative estimate of drug-likeness (QED) is 0.189. The lowest BCUT2D eigenvalue weighted by Crippen LogP contribution is -2.10. The number of benzene rings is 8. The van der Waals surface area contributed by atoms with Crippen LogP contribution in [0.3, 0.4) is 0 Å². The van der Waals surface area contributed by atoms with E-state index in [1.807, 2.05) is 11.3 Å². The molecular formula is C44H29NS. The summed E-state index contributed by atoms with van der Waals surface area (Å²) in [7, 11) is 0. The first kappa shape index (κ1) is 26.7. The molecule has 0 saturated carbocycles. The maximum atomic E-state index is 2.38. The first-order valence-electron chi connectivity index (χ1n) is 15.7. The third kappa shape index (κ3) is 4.54. The molecule has 0 aliphatic rings. The number of nitrogens with zero attached hydrogens (tertiary/aromatic N) is 1. The smallest absolute Gasteiger partial charge is 0.0468 e. The van der Waals surface area contributed by atoms with E-state index in [0.29, 0.717) is 0 Å². The Labute approximate surface area is 272 Å². The third-order valence-electron chi connectivity index (χ3n) is 9.04. The molecule has 0 aliphatic carbocycles. The highest BCUT2D eigenvalue weighted by molar-refractivity contribution is 7.26. The Kier molecular flexibility index (Phi) is 6.40. The highest BCUT2D eigenvalue weighted by atomic mass is 32.1. The van der Waals surface area contributed by atoms with Crippen molar-refractivity contribution in [3.8, 4) is 22.3 Å². The number of anilines is 3. The number of hydrogen-bond acceptors (Lipinski definition) is 2. The number of hydrogen-bond donors (Lipinski definition) is 0. The van der Waals surface area contributed by atoms with Crippen LogP contribution in [-0.2, 0) is 0 Å². The molecule has 0 spiro atoms. The summed E-state index contributed by atoms with van der Waals surface area (Å²) in [6, 6.07) is 63.9. The fraction of sp³-hybridized carbons (Fsp3) is 0. The van der Waals surface area contributed by atoms with E-state index in [2.05, 4.69) is 181 Å². The standard InChI is InChI=1S/C44H29NS/c1-2-10-30(11-3-1)33-14-8-15-36(28-33)45(35-23-20-32(21-24-35)39-18-9-13-31-12-4-5-16-38(31)39)37-25-26-40-34(29-37)22-27-43-44(40)41-17-6-7-19-42(41)46-43/h1-29H. The molecular weight excluding hydrogens is 575 g/mol. The van der Waals surface area contributed by atoms with Gasteiger partial charge in [-0.2, -0.15) is 0 Å². The number of thiophene rings is 1. The van der Waals surface area contributed by atoms with Gasteiger partial charge in [-0.1, -0.05) is 127 Å². The molecule has 0 unspecified atom stereocenters. The Bertz CT molecular complexity index is 2520. The second kappa shape index (κ2) is 11.0. The SMILES string of the molecule is c1ccc(-c2cccc(N(c3ccc(-c4cccc5ccccc45)cc3)c3ccc4c(ccc5sc6ccccc6c54)c3)c2)cc1. The van der Waals surface area contributed by atoms with Crippen LogP contribution in [0, 0.1) is 0 Å². The minimum atomic E-state index is 1.12. The molecule has 0 fully saturated rings. The summed E-state index contributed by atoms with van der Waals surface area (Å²) < 4.78 is 2.66. The summed E-state index contributed by atoms with van der Waals surface area (Å²) in [5.74, 6) is 0. The molecule has 216 valence electrons. The van der Waals surface area contributed by atoms with E-state index in [1.54, 1.807) is 0 Å². The normalized spacial score (nSPS) is 11.5. The largest absolute Gasteiger partial charge is 0.310 e. The van der Waals surface area contributed by atoms with Crippen LogP contribution < -0.4 is 4.90 Å². The van der Waals surface area contributed by atoms with Crippen molar-refractivity contribution < 1.29 is 0 Å². The van der Waals surface area contributed by atoms with Gasteiger partial charge in [0.2, 0.25) is 0 Å². The van der Waals surface area contributed by atoms with Crippen molar-refractivity contribution in [1.29, 1.82) is 0 Å². The molecule has 1 nitrogen and oxygen atoms in total. The zero-order chi connectivity index (χ0) is 30.5. The van der Waals surface area contributed by atoms with Gasteiger partial charge >= 0.3 is 0 Å². The van der Waals surface area contributed by atoms with Crippen molar-refractivity contribution in [3.63, 3.8) is 0 Å². The van der Waals surface area contributed by atoms with Crippen molar-refractivity contribution in [1.82, 2.24) is 0 Å². The van der Waals surface area contributed by atoms with Gasteiger partial charge in [-0.15, -0.1) is 11.3 Å². The van der Waals surface area contributed by atoms with E-state index in [1.165, 1.54) is 64.0 Å². The minimum absolute atomic E-state index is 1.12. The minimum Gasteiger partial charge on any atom is -0.310 e. The van der Waals surface area contributed by atoms with Crippen molar-refractivity contribution in [2.24, 2.45) is 0 Å². The maximum absolute atomic E-state index is 2.38. The summed E-state index contributed by atoms with van der Waals surface area (Å²) in [5, 5.41) is 7.74. The summed E-state index contributed by atoms with van der Waals surface area (Å²) in [6.07, 6.45) is 0. The fourth-order valence-corrected chi connectivity index (χ4v) is 7.97. The molecule has 0 amide bonds. The topological polar surface area (TPSA) is 3.24 Å². The second-order valence-electron chi connectivity index (χ2n) is 11.8. The van der Waals surface area contributed by atoms with Gasteiger partial charge in [-0.05, 0) is 92.3 Å². The number of rotatable bonds is 5. The molecule has 9 aromatic rings. The molecule has 0 N–H and O–H groups in total. The van der Waals surface area contributed by atoms with Gasteiger partial charge in [0.1, 0.15) is 0 Å². The highest BCUT2D eigenvalue weighted by Gasteiger charge is 2.16. The van der Waals surface area contributed by atoms with Crippen LogP contribution in [0.5, 0.6) is 0 Å². The Morgan fingerprint density at radius 1 is 0.348 bits per heavy atom. The van der Waals surface area contributed by atoms with E-state index in [4.69, 9.17) is 0 Å². The zero-order valence-corrected chi connectivity index (χ0v) is 25.9. The van der Waals surface area contributed by atoms with Crippen LogP contribution in [0.4, 0.5) is 17.1 Å². The van der Waals surface area contributed by atoms with Gasteiger partial charge in [0.15, 0.2) is 0 Å². The molecule has 9 rings (SSSR count). The van der Waals surface area contributed by atoms with Crippen LogP contribution in [0.1, 0.15) is 0 Å². The Morgan fingerprint density at radius 3 is 1.93 bits per heavy atom. The van der Waals surface area contributed by atoms with Gasteiger partial charge in [-0.25, -0.2) is 0 Å². The lowest BCUT2D eigenvalue weighted by molar-refractivity contribution is 1.29. The van der Waals surface area contributed by atoms with Crippen LogP contribution in [0.25, 0.3) is 64.0 Å². The predicted octanol–water partition coefficient (Wildman–Crippen LogP) is 13.2. The van der Waals surface area contributed by atoms with Gasteiger partial charge in [-0.3, -0.25) is 0 Å². The van der Waals surface area contributed by atoms with E-state index in [0.717, 1.165) is 17.1 Å². The van der Waals surface area contributed by atoms with Gasteiger partial charge in [0.25, 0.3) is 0 Å². The van der Waals surface area contributed by atoms with E-state index >= 15 is 0 Å². The molecule has 1 aromatic heterocycles. The van der Waals surface area contributed by atoms with Gasteiger partial charge in [0.05, 0.1) is 0 Å². The molecule has 0 atom stereocenters. The van der Waals surface area contributed by atoms with Crippen molar-refractivity contribution in [2.45, 2.75) is 0 Å². The lowest BCUT2D eigenvalue weighted by Gasteiger charge is -2.27. The second-order valence-corrected chi connectivity index (χ2v) is 12.9. The fourth-order valence-electron chi connectivity index (χ4n) is 6.85. The van der Waals surface area contributed by atoms with Crippen molar-refractivity contribution >= 4 is 70.1 Å². The zero-order valence-electron chi connectivity index (χ0n) is 25.1. The molecule has 8 aromatic carbocycles. The third-order valence-corrected chi connectivity index (χ3v) is 10.2. The van der Waals surface area contributed by atoms with Gasteiger partial charge in [0, 0.05) is 37.2 Å². The Morgan fingerprint density at radius 2 is 1.04 bits per heavy atom. The molecule has 0 radical (unpaired) electrons. The molecule has 0 bridgehead atoms. The van der Waals surface area contributed by atoms with Crippen LogP contribution in [-0.4, -0.2) is 0 Å². The number of fused-ring (bicyclic) bond motifs is 6. The average Bonchev–Trinajstić information content (AvgIpc) is 3.52. The predicted molar refractivity (Wildman–Crippen MR) is 200 cm³/mol. The van der Waals surface area contributed by atoms with Crippen molar-refractivity contribution in [3.05, 3.63) is 176 Å².